The van der Waals surface area contributed by atoms with Crippen molar-refractivity contribution in [2.45, 2.75) is 18.6 Å². The quantitative estimate of drug-likeness (QED) is 0.291. The summed E-state index contributed by atoms with van der Waals surface area (Å²) in [6.45, 7) is 0.299. The molecule has 210 valence electrons. The molecule has 0 amide bonds. The third kappa shape index (κ3) is 5.53. The molecule has 1 aromatic heterocycles. The van der Waals surface area contributed by atoms with E-state index in [1.54, 1.807) is 6.08 Å². The highest BCUT2D eigenvalue weighted by Crippen LogP contribution is 2.36. The maximum atomic E-state index is 12.0. The molecule has 2 unspecified atom stereocenters. The lowest BCUT2D eigenvalue weighted by molar-refractivity contribution is -0.132. The lowest BCUT2D eigenvalue weighted by Crippen LogP contribution is -2.24. The Morgan fingerprint density at radius 1 is 0.929 bits per heavy atom. The highest BCUT2D eigenvalue weighted by Gasteiger charge is 2.29. The molecule has 3 aromatic rings. The number of benzene rings is 2. The number of aromatic nitrogens is 1. The van der Waals surface area contributed by atoms with E-state index in [0.717, 1.165) is 22.8 Å². The average Bonchev–Trinajstić information content (AvgIpc) is 3.52. The molecule has 3 aliphatic heterocycles. The van der Waals surface area contributed by atoms with Crippen LogP contribution in [0.5, 0.6) is 0 Å². The number of carbonyl (C=O) groups is 2. The summed E-state index contributed by atoms with van der Waals surface area (Å²) in [5.41, 5.74) is 4.36. The summed E-state index contributed by atoms with van der Waals surface area (Å²) in [5.74, 6) is -1.43. The highest BCUT2D eigenvalue weighted by molar-refractivity contribution is 5.94. The fourth-order valence-corrected chi connectivity index (χ4v) is 5.11. The fourth-order valence-electron chi connectivity index (χ4n) is 5.11. The number of hydrogen-bond acceptors (Lipinski definition) is 7. The molecule has 42 heavy (non-hydrogen) atoms. The van der Waals surface area contributed by atoms with Crippen LogP contribution in [0.4, 0.5) is 11.4 Å². The first-order valence-electron chi connectivity index (χ1n) is 13.5. The van der Waals surface area contributed by atoms with Crippen molar-refractivity contribution < 1.29 is 24.5 Å². The predicted molar refractivity (Wildman–Crippen MR) is 159 cm³/mol. The van der Waals surface area contributed by atoms with Gasteiger partial charge in [0.25, 0.3) is 0 Å². The molecule has 4 heterocycles. The standard InChI is InChI=1S/C33H28N4O5/c38-32(39)22-14-16-35-27(18-22)29-20-23(33(40)41)19-28(36-29)26-17-21(13-15-34-26)30-11-12-31(42-30)37(24-7-3-1-4-8-24)25-9-5-2-6-10-25/h1-10,12-15,17-20,26,30,34-35H,11,16H2,(H,38,39)(H,40,41). The van der Waals surface area contributed by atoms with Gasteiger partial charge in [0.1, 0.15) is 6.10 Å². The van der Waals surface area contributed by atoms with Gasteiger partial charge in [-0.15, -0.1) is 0 Å². The summed E-state index contributed by atoms with van der Waals surface area (Å²) in [4.78, 5) is 30.3. The van der Waals surface area contributed by atoms with E-state index < -0.39 is 18.0 Å². The van der Waals surface area contributed by atoms with Gasteiger partial charge in [0, 0.05) is 24.3 Å². The van der Waals surface area contributed by atoms with Gasteiger partial charge in [-0.3, -0.25) is 4.90 Å². The number of rotatable bonds is 8. The van der Waals surface area contributed by atoms with Crippen molar-refractivity contribution in [2.24, 2.45) is 0 Å². The van der Waals surface area contributed by atoms with Gasteiger partial charge in [-0.2, -0.15) is 0 Å². The van der Waals surface area contributed by atoms with E-state index in [4.69, 9.17) is 9.72 Å². The van der Waals surface area contributed by atoms with E-state index in [-0.39, 0.29) is 17.2 Å². The molecule has 0 saturated heterocycles. The Balaban J connectivity index is 1.27. The molecule has 2 aromatic carbocycles. The van der Waals surface area contributed by atoms with Gasteiger partial charge in [-0.25, -0.2) is 14.6 Å². The SMILES string of the molecule is O=C(O)C1=CCNC(c2cc(C(=O)O)cc(C3C=C(C4CC=C(N(c5ccccc5)c5ccccc5)O4)C=CN3)n2)=C1. The zero-order valence-electron chi connectivity index (χ0n) is 22.5. The Bertz CT molecular complexity index is 1640. The van der Waals surface area contributed by atoms with E-state index in [1.807, 2.05) is 79.0 Å². The number of dihydropyridines is 2. The summed E-state index contributed by atoms with van der Waals surface area (Å²) in [6.07, 6.45) is 11.2. The molecule has 9 heteroatoms. The van der Waals surface area contributed by atoms with Crippen molar-refractivity contribution in [3.63, 3.8) is 0 Å². The number of aliphatic carboxylic acids is 1. The Hall–Kier alpha value is -5.57. The number of carboxylic acid groups (broad SMARTS) is 2. The van der Waals surface area contributed by atoms with E-state index in [2.05, 4.69) is 21.6 Å². The van der Waals surface area contributed by atoms with Gasteiger partial charge < -0.3 is 25.6 Å². The van der Waals surface area contributed by atoms with E-state index >= 15 is 0 Å². The van der Waals surface area contributed by atoms with E-state index in [9.17, 15) is 19.8 Å². The van der Waals surface area contributed by atoms with Gasteiger partial charge in [0.15, 0.2) is 5.88 Å². The van der Waals surface area contributed by atoms with Crippen LogP contribution in [0, 0.1) is 0 Å². The number of carboxylic acids is 2. The molecule has 6 rings (SSSR count). The summed E-state index contributed by atoms with van der Waals surface area (Å²) >= 11 is 0. The van der Waals surface area contributed by atoms with Crippen molar-refractivity contribution in [2.75, 3.05) is 11.4 Å². The largest absolute Gasteiger partial charge is 0.478 e. The van der Waals surface area contributed by atoms with E-state index in [1.165, 1.54) is 18.2 Å². The molecule has 4 N–H and O–H groups in total. The molecular weight excluding hydrogens is 532 g/mol. The average molecular weight is 561 g/mol. The number of ether oxygens (including phenoxy) is 1. The van der Waals surface area contributed by atoms with Crippen molar-refractivity contribution in [1.82, 2.24) is 15.6 Å². The molecule has 0 saturated carbocycles. The van der Waals surface area contributed by atoms with Crippen LogP contribution in [0.2, 0.25) is 0 Å². The van der Waals surface area contributed by atoms with Gasteiger partial charge >= 0.3 is 11.9 Å². The van der Waals surface area contributed by atoms with Crippen LogP contribution < -0.4 is 15.5 Å². The van der Waals surface area contributed by atoms with Gasteiger partial charge in [0.2, 0.25) is 0 Å². The highest BCUT2D eigenvalue weighted by atomic mass is 16.5. The van der Waals surface area contributed by atoms with Crippen LogP contribution in [-0.4, -0.2) is 39.8 Å². The number of hydrogen-bond donors (Lipinski definition) is 4. The van der Waals surface area contributed by atoms with E-state index in [0.29, 0.717) is 30.1 Å². The van der Waals surface area contributed by atoms with Crippen molar-refractivity contribution in [3.8, 4) is 0 Å². The van der Waals surface area contributed by atoms with Crippen molar-refractivity contribution >= 4 is 29.0 Å². The Kier molecular flexibility index (Phi) is 7.30. The Morgan fingerprint density at radius 3 is 2.31 bits per heavy atom. The van der Waals surface area contributed by atoms with Crippen LogP contribution in [0.25, 0.3) is 5.70 Å². The van der Waals surface area contributed by atoms with Crippen LogP contribution in [0.1, 0.15) is 34.2 Å². The smallest absolute Gasteiger partial charge is 0.335 e. The maximum Gasteiger partial charge on any atom is 0.335 e. The molecule has 0 radical (unpaired) electrons. The first-order valence-corrected chi connectivity index (χ1v) is 13.5. The molecule has 0 bridgehead atoms. The zero-order valence-corrected chi connectivity index (χ0v) is 22.5. The molecule has 3 aliphatic rings. The molecule has 0 fully saturated rings. The number of aromatic carboxylic acids is 1. The topological polar surface area (TPSA) is 124 Å². The van der Waals surface area contributed by atoms with Crippen LogP contribution in [0.3, 0.4) is 0 Å². The van der Waals surface area contributed by atoms with Gasteiger partial charge in [-0.05, 0) is 72.5 Å². The number of para-hydroxylation sites is 2. The fraction of sp³-hybridized carbons (Fsp3) is 0.121. The number of pyridine rings is 1. The van der Waals surface area contributed by atoms with Crippen molar-refractivity contribution in [3.05, 3.63) is 143 Å². The second-order valence-corrected chi connectivity index (χ2v) is 9.91. The Morgan fingerprint density at radius 2 is 1.64 bits per heavy atom. The minimum atomic E-state index is -1.10. The van der Waals surface area contributed by atoms with Crippen LogP contribution in [0.15, 0.2) is 126 Å². The van der Waals surface area contributed by atoms with Gasteiger partial charge in [0.05, 0.1) is 34.3 Å². The monoisotopic (exact) mass is 560 g/mol. The first kappa shape index (κ1) is 26.6. The maximum absolute atomic E-state index is 12.0. The third-order valence-corrected chi connectivity index (χ3v) is 7.15. The lowest BCUT2D eigenvalue weighted by Gasteiger charge is -2.28. The minimum absolute atomic E-state index is 0.0536. The minimum Gasteiger partial charge on any atom is -0.478 e. The molecule has 0 spiro atoms. The number of nitrogens with one attached hydrogen (secondary N) is 2. The predicted octanol–water partition coefficient (Wildman–Crippen LogP) is 5.29. The molecule has 9 nitrogen and oxygen atoms in total. The summed E-state index contributed by atoms with van der Waals surface area (Å²) in [7, 11) is 0. The summed E-state index contributed by atoms with van der Waals surface area (Å²) < 4.78 is 6.52. The molecular formula is C33H28N4O5. The summed E-state index contributed by atoms with van der Waals surface area (Å²) in [5, 5.41) is 25.6. The third-order valence-electron chi connectivity index (χ3n) is 7.15. The first-order chi connectivity index (χ1) is 20.5. The second kappa shape index (κ2) is 11.5. The normalized spacial score (nSPS) is 19.2. The lowest BCUT2D eigenvalue weighted by atomic mass is 9.99. The van der Waals surface area contributed by atoms with Crippen molar-refractivity contribution in [1.29, 1.82) is 0 Å². The van der Waals surface area contributed by atoms with Crippen LogP contribution in [-0.2, 0) is 9.53 Å². The molecule has 2 atom stereocenters. The Labute approximate surface area is 242 Å². The number of nitrogens with zero attached hydrogens (tertiary/aromatic N) is 2. The zero-order chi connectivity index (χ0) is 29.1. The number of anilines is 2. The molecule has 0 aliphatic carbocycles. The second-order valence-electron chi connectivity index (χ2n) is 9.91. The van der Waals surface area contributed by atoms with Gasteiger partial charge in [-0.1, -0.05) is 42.5 Å². The van der Waals surface area contributed by atoms with Crippen LogP contribution >= 0.6 is 0 Å². The summed E-state index contributed by atoms with van der Waals surface area (Å²) in [6, 6.07) is 22.6.